The van der Waals surface area contributed by atoms with Gasteiger partial charge in [-0.25, -0.2) is 0 Å². The molecule has 26 heavy (non-hydrogen) atoms. The van der Waals surface area contributed by atoms with E-state index in [0.717, 1.165) is 18.4 Å². The van der Waals surface area contributed by atoms with Crippen molar-refractivity contribution in [2.75, 3.05) is 26.8 Å². The van der Waals surface area contributed by atoms with E-state index in [4.69, 9.17) is 4.74 Å². The Balaban J connectivity index is 1.57. The number of para-hydroxylation sites is 1. The number of hydrogen-bond donors (Lipinski definition) is 2. The number of nitrogens with one attached hydrogen (secondary N) is 1. The number of nitrogens with zero attached hydrogens (tertiary/aromatic N) is 1. The molecule has 1 aromatic carbocycles. The van der Waals surface area contributed by atoms with Crippen molar-refractivity contribution in [3.8, 4) is 0 Å². The first-order valence-corrected chi connectivity index (χ1v) is 9.11. The van der Waals surface area contributed by atoms with E-state index in [1.165, 1.54) is 18.1 Å². The molecule has 2 N–H and O–H groups in total. The Morgan fingerprint density at radius 2 is 2.15 bits per heavy atom. The van der Waals surface area contributed by atoms with Gasteiger partial charge in [0.2, 0.25) is 5.91 Å². The maximum Gasteiger partial charge on any atom is 0.313 e. The van der Waals surface area contributed by atoms with E-state index in [1.807, 2.05) is 24.4 Å². The number of aromatic nitrogens is 1. The van der Waals surface area contributed by atoms with Gasteiger partial charge in [0.1, 0.15) is 5.41 Å². The van der Waals surface area contributed by atoms with E-state index in [-0.39, 0.29) is 19.1 Å². The molecule has 2 aromatic rings. The lowest BCUT2D eigenvalue weighted by Gasteiger charge is -2.39. The van der Waals surface area contributed by atoms with Gasteiger partial charge in [0.15, 0.2) is 0 Å². The number of methoxy groups -OCH3 is 1. The predicted molar refractivity (Wildman–Crippen MR) is 99.0 cm³/mol. The van der Waals surface area contributed by atoms with Gasteiger partial charge in [-0.1, -0.05) is 18.2 Å². The number of ether oxygens (including phenoxy) is 1. The number of carbonyl (C=O) groups excluding carboxylic acids is 1. The second-order valence-corrected chi connectivity index (χ2v) is 7.15. The number of H-pyrrole nitrogens is 1. The molecule has 1 unspecified atom stereocenters. The highest BCUT2D eigenvalue weighted by Gasteiger charge is 2.43. The summed E-state index contributed by atoms with van der Waals surface area (Å²) in [4.78, 5) is 29.2. The average Bonchev–Trinajstić information content (AvgIpc) is 3.05. The molecule has 1 aliphatic rings. The first-order chi connectivity index (χ1) is 12.6. The zero-order valence-corrected chi connectivity index (χ0v) is 15.2. The van der Waals surface area contributed by atoms with E-state index >= 15 is 0 Å². The molecule has 6 nitrogen and oxygen atoms in total. The summed E-state index contributed by atoms with van der Waals surface area (Å²) in [6.07, 6.45) is 5.26. The first kappa shape index (κ1) is 18.5. The fourth-order valence-electron chi connectivity index (χ4n) is 3.90. The second kappa shape index (κ2) is 7.91. The number of rotatable bonds is 7. The smallest absolute Gasteiger partial charge is 0.313 e. The summed E-state index contributed by atoms with van der Waals surface area (Å²) in [6.45, 7) is 1.01. The Labute approximate surface area is 153 Å². The molecule has 6 heteroatoms. The molecule has 0 radical (unpaired) electrons. The summed E-state index contributed by atoms with van der Waals surface area (Å²) in [5.41, 5.74) is 1.35. The minimum atomic E-state index is -0.973. The number of fused-ring (bicyclic) bond motifs is 1. The van der Waals surface area contributed by atoms with Gasteiger partial charge in [0, 0.05) is 43.7 Å². The van der Waals surface area contributed by atoms with Crippen molar-refractivity contribution >= 4 is 22.8 Å². The van der Waals surface area contributed by atoms with Crippen molar-refractivity contribution < 1.29 is 19.4 Å². The Hall–Kier alpha value is -2.34. The zero-order chi connectivity index (χ0) is 18.6. The molecule has 2 heterocycles. The van der Waals surface area contributed by atoms with Gasteiger partial charge in [0.05, 0.1) is 6.61 Å². The van der Waals surface area contributed by atoms with Gasteiger partial charge >= 0.3 is 5.97 Å². The van der Waals surface area contributed by atoms with Crippen LogP contribution in [0.2, 0.25) is 0 Å². The number of piperidine rings is 1. The number of carboxylic acids is 1. The molecular formula is C20H26N2O4. The Bertz CT molecular complexity index is 781. The SMILES string of the molecule is COCC1(C(=O)O)CCCN(C(=O)CCCc2c[nH]c3ccccc23)C1. The largest absolute Gasteiger partial charge is 0.481 e. The number of likely N-dealkylation sites (tertiary alicyclic amines) is 1. The molecule has 0 aliphatic carbocycles. The summed E-state index contributed by atoms with van der Waals surface area (Å²) in [5, 5.41) is 10.8. The van der Waals surface area contributed by atoms with Crippen LogP contribution in [0.5, 0.6) is 0 Å². The molecule has 1 aromatic heterocycles. The van der Waals surface area contributed by atoms with Gasteiger partial charge in [-0.3, -0.25) is 9.59 Å². The van der Waals surface area contributed by atoms with Crippen molar-refractivity contribution in [1.82, 2.24) is 9.88 Å². The van der Waals surface area contributed by atoms with Crippen LogP contribution in [0.3, 0.4) is 0 Å². The number of benzene rings is 1. The summed E-state index contributed by atoms with van der Waals surface area (Å²) in [5.74, 6) is -0.845. The lowest BCUT2D eigenvalue weighted by molar-refractivity contribution is -0.159. The Morgan fingerprint density at radius 1 is 1.35 bits per heavy atom. The maximum absolute atomic E-state index is 12.6. The van der Waals surface area contributed by atoms with Crippen LogP contribution in [0.15, 0.2) is 30.5 Å². The van der Waals surface area contributed by atoms with Crippen LogP contribution in [0.1, 0.15) is 31.2 Å². The molecule has 1 fully saturated rings. The number of amides is 1. The number of aryl methyl sites for hydroxylation is 1. The quantitative estimate of drug-likeness (QED) is 0.797. The van der Waals surface area contributed by atoms with Crippen molar-refractivity contribution in [2.24, 2.45) is 5.41 Å². The number of aromatic amines is 1. The molecule has 0 bridgehead atoms. The van der Waals surface area contributed by atoms with E-state index in [9.17, 15) is 14.7 Å². The van der Waals surface area contributed by atoms with Gasteiger partial charge in [-0.2, -0.15) is 0 Å². The highest BCUT2D eigenvalue weighted by Crippen LogP contribution is 2.31. The van der Waals surface area contributed by atoms with Gasteiger partial charge in [-0.15, -0.1) is 0 Å². The number of carboxylic acid groups (broad SMARTS) is 1. The summed E-state index contributed by atoms with van der Waals surface area (Å²) >= 11 is 0. The van der Waals surface area contributed by atoms with Crippen LogP contribution in [0.4, 0.5) is 0 Å². The van der Waals surface area contributed by atoms with Crippen LogP contribution < -0.4 is 0 Å². The summed E-state index contributed by atoms with van der Waals surface area (Å²) < 4.78 is 5.12. The molecule has 1 saturated heterocycles. The third-order valence-corrected chi connectivity index (χ3v) is 5.32. The number of aliphatic carboxylic acids is 1. The number of hydrogen-bond acceptors (Lipinski definition) is 3. The minimum absolute atomic E-state index is 0.0336. The highest BCUT2D eigenvalue weighted by molar-refractivity contribution is 5.83. The van der Waals surface area contributed by atoms with Crippen LogP contribution in [0.25, 0.3) is 10.9 Å². The first-order valence-electron chi connectivity index (χ1n) is 9.11. The minimum Gasteiger partial charge on any atom is -0.481 e. The van der Waals surface area contributed by atoms with Crippen LogP contribution in [-0.2, 0) is 20.7 Å². The standard InChI is InChI=1S/C20H26N2O4/c1-26-14-20(19(24)25)10-5-11-22(13-20)18(23)9-4-6-15-12-21-17-8-3-2-7-16(15)17/h2-3,7-8,12,21H,4-6,9-11,13-14H2,1H3,(H,24,25). The summed E-state index contributed by atoms with van der Waals surface area (Å²) in [7, 11) is 1.51. The third kappa shape index (κ3) is 3.75. The van der Waals surface area contributed by atoms with E-state index in [0.29, 0.717) is 25.8 Å². The molecule has 3 rings (SSSR count). The van der Waals surface area contributed by atoms with E-state index in [2.05, 4.69) is 11.1 Å². The molecule has 1 aliphatic heterocycles. The van der Waals surface area contributed by atoms with Gasteiger partial charge in [-0.05, 0) is 37.3 Å². The number of carbonyl (C=O) groups is 2. The van der Waals surface area contributed by atoms with Crippen molar-refractivity contribution in [1.29, 1.82) is 0 Å². The average molecular weight is 358 g/mol. The molecule has 1 amide bonds. The van der Waals surface area contributed by atoms with Gasteiger partial charge < -0.3 is 19.7 Å². The summed E-state index contributed by atoms with van der Waals surface area (Å²) in [6, 6.07) is 8.13. The normalized spacial score (nSPS) is 20.4. The molecule has 1 atom stereocenters. The predicted octanol–water partition coefficient (Wildman–Crippen LogP) is 2.83. The fourth-order valence-corrected chi connectivity index (χ4v) is 3.90. The van der Waals surface area contributed by atoms with Crippen LogP contribution >= 0.6 is 0 Å². The van der Waals surface area contributed by atoms with Crippen molar-refractivity contribution in [2.45, 2.75) is 32.1 Å². The van der Waals surface area contributed by atoms with Crippen LogP contribution in [-0.4, -0.2) is 53.7 Å². The molecule has 140 valence electrons. The molecule has 0 spiro atoms. The Morgan fingerprint density at radius 3 is 2.92 bits per heavy atom. The van der Waals surface area contributed by atoms with Gasteiger partial charge in [0.25, 0.3) is 0 Å². The van der Waals surface area contributed by atoms with E-state index < -0.39 is 11.4 Å². The molecule has 0 saturated carbocycles. The fraction of sp³-hybridized carbons (Fsp3) is 0.500. The zero-order valence-electron chi connectivity index (χ0n) is 15.2. The topological polar surface area (TPSA) is 82.6 Å². The molecular weight excluding hydrogens is 332 g/mol. The highest BCUT2D eigenvalue weighted by atomic mass is 16.5. The third-order valence-electron chi connectivity index (χ3n) is 5.32. The Kier molecular flexibility index (Phi) is 5.61. The van der Waals surface area contributed by atoms with Crippen LogP contribution in [0, 0.1) is 5.41 Å². The van der Waals surface area contributed by atoms with E-state index in [1.54, 1.807) is 4.90 Å². The lowest BCUT2D eigenvalue weighted by Crippen LogP contribution is -2.52. The second-order valence-electron chi connectivity index (χ2n) is 7.15. The maximum atomic E-state index is 12.6. The monoisotopic (exact) mass is 358 g/mol. The lowest BCUT2D eigenvalue weighted by atomic mass is 9.80. The van der Waals surface area contributed by atoms with Crippen molar-refractivity contribution in [3.63, 3.8) is 0 Å². The van der Waals surface area contributed by atoms with Crippen molar-refractivity contribution in [3.05, 3.63) is 36.0 Å².